The Labute approximate surface area is 119 Å². The molecule has 0 aliphatic heterocycles. The van der Waals surface area contributed by atoms with Crippen molar-refractivity contribution in [2.45, 2.75) is 33.1 Å². The molecular weight excluding hydrogens is 252 g/mol. The standard InChI is InChI=1S/C16H20N2O2/c1-3-5-11-15-14(16(19)20-4-2)12-17-18(15)13-9-7-6-8-10-13/h6-10,12H,3-5,11H2,1-2H3. The third-order valence-electron chi connectivity index (χ3n) is 3.13. The van der Waals surface area contributed by atoms with Crippen LogP contribution in [0.1, 0.15) is 42.7 Å². The Morgan fingerprint density at radius 2 is 2.00 bits per heavy atom. The predicted octanol–water partition coefficient (Wildman–Crippen LogP) is 3.39. The van der Waals surface area contributed by atoms with Gasteiger partial charge in [0.25, 0.3) is 0 Å². The first-order valence-corrected chi connectivity index (χ1v) is 7.07. The lowest BCUT2D eigenvalue weighted by molar-refractivity contribution is 0.0525. The average Bonchev–Trinajstić information content (AvgIpc) is 2.90. The van der Waals surface area contributed by atoms with E-state index in [2.05, 4.69) is 12.0 Å². The average molecular weight is 272 g/mol. The van der Waals surface area contributed by atoms with Crippen molar-refractivity contribution in [2.75, 3.05) is 6.61 Å². The summed E-state index contributed by atoms with van der Waals surface area (Å²) in [5, 5.41) is 4.36. The third kappa shape index (κ3) is 3.07. The van der Waals surface area contributed by atoms with E-state index in [9.17, 15) is 4.79 Å². The highest BCUT2D eigenvalue weighted by molar-refractivity contribution is 5.90. The molecule has 1 aromatic carbocycles. The smallest absolute Gasteiger partial charge is 0.341 e. The topological polar surface area (TPSA) is 44.1 Å². The molecule has 4 nitrogen and oxygen atoms in total. The minimum absolute atomic E-state index is 0.291. The lowest BCUT2D eigenvalue weighted by Crippen LogP contribution is -2.09. The maximum absolute atomic E-state index is 12.0. The molecule has 106 valence electrons. The number of hydrogen-bond donors (Lipinski definition) is 0. The Kier molecular flexibility index (Phi) is 4.93. The van der Waals surface area contributed by atoms with Gasteiger partial charge in [-0.05, 0) is 31.9 Å². The molecule has 0 aliphatic carbocycles. The fourth-order valence-electron chi connectivity index (χ4n) is 2.13. The molecule has 0 spiro atoms. The van der Waals surface area contributed by atoms with Crippen molar-refractivity contribution < 1.29 is 9.53 Å². The van der Waals surface area contributed by atoms with Crippen LogP contribution in [0.3, 0.4) is 0 Å². The first-order valence-electron chi connectivity index (χ1n) is 7.07. The molecule has 0 saturated heterocycles. The van der Waals surface area contributed by atoms with Crippen LogP contribution in [-0.2, 0) is 11.2 Å². The van der Waals surface area contributed by atoms with Gasteiger partial charge in [0.15, 0.2) is 0 Å². The molecule has 20 heavy (non-hydrogen) atoms. The van der Waals surface area contributed by atoms with E-state index in [1.807, 2.05) is 41.9 Å². The summed E-state index contributed by atoms with van der Waals surface area (Å²) >= 11 is 0. The quantitative estimate of drug-likeness (QED) is 0.757. The predicted molar refractivity (Wildman–Crippen MR) is 78.1 cm³/mol. The number of rotatable bonds is 6. The van der Waals surface area contributed by atoms with Crippen LogP contribution in [-0.4, -0.2) is 22.4 Å². The first-order chi connectivity index (χ1) is 9.77. The lowest BCUT2D eigenvalue weighted by Gasteiger charge is -2.09. The number of nitrogens with zero attached hydrogens (tertiary/aromatic N) is 2. The van der Waals surface area contributed by atoms with E-state index in [1.165, 1.54) is 0 Å². The van der Waals surface area contributed by atoms with Crippen LogP contribution in [0.4, 0.5) is 0 Å². The number of para-hydroxylation sites is 1. The lowest BCUT2D eigenvalue weighted by atomic mass is 10.1. The minimum atomic E-state index is -0.291. The fraction of sp³-hybridized carbons (Fsp3) is 0.375. The van der Waals surface area contributed by atoms with E-state index in [0.717, 1.165) is 30.6 Å². The molecule has 0 aliphatic rings. The molecule has 4 heteroatoms. The number of ether oxygens (including phenoxy) is 1. The zero-order valence-electron chi connectivity index (χ0n) is 12.0. The second-order valence-electron chi connectivity index (χ2n) is 4.58. The highest BCUT2D eigenvalue weighted by Gasteiger charge is 2.18. The van der Waals surface area contributed by atoms with Crippen LogP contribution < -0.4 is 0 Å². The Balaban J connectivity index is 2.39. The zero-order chi connectivity index (χ0) is 14.4. The molecule has 0 radical (unpaired) electrons. The number of hydrogen-bond acceptors (Lipinski definition) is 3. The van der Waals surface area contributed by atoms with E-state index < -0.39 is 0 Å². The van der Waals surface area contributed by atoms with E-state index in [1.54, 1.807) is 6.20 Å². The summed E-state index contributed by atoms with van der Waals surface area (Å²) < 4.78 is 6.94. The van der Waals surface area contributed by atoms with E-state index >= 15 is 0 Å². The Morgan fingerprint density at radius 1 is 1.25 bits per heavy atom. The number of aromatic nitrogens is 2. The summed E-state index contributed by atoms with van der Waals surface area (Å²) in [4.78, 5) is 12.0. The van der Waals surface area contributed by atoms with Gasteiger partial charge in [-0.2, -0.15) is 5.10 Å². The summed E-state index contributed by atoms with van der Waals surface area (Å²) in [7, 11) is 0. The molecule has 0 saturated carbocycles. The van der Waals surface area contributed by atoms with Gasteiger partial charge in [0.05, 0.1) is 24.2 Å². The van der Waals surface area contributed by atoms with E-state index in [4.69, 9.17) is 4.74 Å². The Hall–Kier alpha value is -2.10. The minimum Gasteiger partial charge on any atom is -0.462 e. The van der Waals surface area contributed by atoms with Crippen molar-refractivity contribution in [3.8, 4) is 5.69 Å². The van der Waals surface area contributed by atoms with Gasteiger partial charge in [0.2, 0.25) is 0 Å². The van der Waals surface area contributed by atoms with Crippen molar-refractivity contribution >= 4 is 5.97 Å². The van der Waals surface area contributed by atoms with Gasteiger partial charge < -0.3 is 4.74 Å². The molecule has 1 heterocycles. The molecule has 0 amide bonds. The fourth-order valence-corrected chi connectivity index (χ4v) is 2.13. The molecule has 1 aromatic heterocycles. The monoisotopic (exact) mass is 272 g/mol. The van der Waals surface area contributed by atoms with Gasteiger partial charge >= 0.3 is 5.97 Å². The van der Waals surface area contributed by atoms with Crippen molar-refractivity contribution in [3.63, 3.8) is 0 Å². The second-order valence-corrected chi connectivity index (χ2v) is 4.58. The Bertz CT molecular complexity index is 561. The van der Waals surface area contributed by atoms with Gasteiger partial charge in [-0.1, -0.05) is 31.5 Å². The summed E-state index contributed by atoms with van der Waals surface area (Å²) in [5.41, 5.74) is 2.47. The van der Waals surface area contributed by atoms with Crippen LogP contribution in [0.15, 0.2) is 36.5 Å². The van der Waals surface area contributed by atoms with Crippen LogP contribution >= 0.6 is 0 Å². The number of unbranched alkanes of at least 4 members (excludes halogenated alkanes) is 1. The van der Waals surface area contributed by atoms with Crippen LogP contribution in [0.2, 0.25) is 0 Å². The van der Waals surface area contributed by atoms with Gasteiger partial charge in [0, 0.05) is 0 Å². The summed E-state index contributed by atoms with van der Waals surface area (Å²) in [6, 6.07) is 9.86. The second kappa shape index (κ2) is 6.89. The van der Waals surface area contributed by atoms with Gasteiger partial charge in [-0.3, -0.25) is 0 Å². The highest BCUT2D eigenvalue weighted by atomic mass is 16.5. The van der Waals surface area contributed by atoms with Crippen molar-refractivity contribution in [2.24, 2.45) is 0 Å². The Morgan fingerprint density at radius 3 is 2.65 bits per heavy atom. The molecule has 0 fully saturated rings. The van der Waals surface area contributed by atoms with Crippen LogP contribution in [0.25, 0.3) is 5.69 Å². The molecule has 2 aromatic rings. The van der Waals surface area contributed by atoms with Gasteiger partial charge in [-0.25, -0.2) is 9.48 Å². The van der Waals surface area contributed by atoms with Crippen molar-refractivity contribution in [1.29, 1.82) is 0 Å². The number of esters is 1. The third-order valence-corrected chi connectivity index (χ3v) is 3.13. The molecule has 0 N–H and O–H groups in total. The highest BCUT2D eigenvalue weighted by Crippen LogP contribution is 2.18. The molecule has 0 atom stereocenters. The van der Waals surface area contributed by atoms with E-state index in [0.29, 0.717) is 12.2 Å². The maximum atomic E-state index is 12.0. The van der Waals surface area contributed by atoms with Gasteiger partial charge in [0.1, 0.15) is 5.56 Å². The van der Waals surface area contributed by atoms with Crippen LogP contribution in [0, 0.1) is 0 Å². The summed E-state index contributed by atoms with van der Waals surface area (Å²) in [6.07, 6.45) is 4.52. The van der Waals surface area contributed by atoms with Crippen molar-refractivity contribution in [1.82, 2.24) is 9.78 Å². The van der Waals surface area contributed by atoms with Crippen molar-refractivity contribution in [3.05, 3.63) is 47.8 Å². The first kappa shape index (κ1) is 14.3. The number of carbonyl (C=O) groups excluding carboxylic acids is 1. The maximum Gasteiger partial charge on any atom is 0.341 e. The number of benzene rings is 1. The normalized spacial score (nSPS) is 10.5. The van der Waals surface area contributed by atoms with Gasteiger partial charge in [-0.15, -0.1) is 0 Å². The molecule has 0 bridgehead atoms. The SMILES string of the molecule is CCCCc1c(C(=O)OCC)cnn1-c1ccccc1. The zero-order valence-corrected chi connectivity index (χ0v) is 12.0. The van der Waals surface area contributed by atoms with Crippen LogP contribution in [0.5, 0.6) is 0 Å². The van der Waals surface area contributed by atoms with E-state index in [-0.39, 0.29) is 5.97 Å². The summed E-state index contributed by atoms with van der Waals surface area (Å²) in [5.74, 6) is -0.291. The largest absolute Gasteiger partial charge is 0.462 e. The molecule has 2 rings (SSSR count). The molecule has 0 unspecified atom stereocenters. The molecular formula is C16H20N2O2. The number of carbonyl (C=O) groups is 1. The summed E-state index contributed by atoms with van der Waals surface area (Å²) in [6.45, 7) is 4.32.